The van der Waals surface area contributed by atoms with Gasteiger partial charge in [0.05, 0.1) is 5.92 Å². The molecule has 0 spiro atoms. The molecule has 4 aliphatic carbocycles. The number of hydrogen-bond donors (Lipinski definition) is 0. The minimum Gasteiger partial charge on any atom is -0.426 e. The van der Waals surface area contributed by atoms with Crippen LogP contribution in [0.15, 0.2) is 66.7 Å². The molecule has 0 saturated carbocycles. The Hall–Kier alpha value is -2.87. The van der Waals surface area contributed by atoms with Gasteiger partial charge < -0.3 is 4.74 Å². The Morgan fingerprint density at radius 1 is 0.759 bits per heavy atom. The van der Waals surface area contributed by atoms with E-state index in [1.54, 1.807) is 0 Å². The molecule has 0 fully saturated rings. The number of carbonyl (C=O) groups is 1. The molecule has 0 radical (unpaired) electrons. The first kappa shape index (κ1) is 17.0. The highest BCUT2D eigenvalue weighted by atomic mass is 16.5. The minimum atomic E-state index is -0.121. The van der Waals surface area contributed by atoms with E-state index < -0.39 is 0 Å². The van der Waals surface area contributed by atoms with Crippen LogP contribution in [0.25, 0.3) is 0 Å². The van der Waals surface area contributed by atoms with Crippen LogP contribution in [0.4, 0.5) is 0 Å². The SMILES string of the molecule is O=C(Oc1cccc2c1CCCC2)C1CC2c3ccccc3C1c1ccccc12. The van der Waals surface area contributed by atoms with Crippen LogP contribution in [0.1, 0.15) is 64.5 Å². The van der Waals surface area contributed by atoms with Crippen LogP contribution in [0.3, 0.4) is 0 Å². The predicted molar refractivity (Wildman–Crippen MR) is 113 cm³/mol. The average molecular weight is 380 g/mol. The van der Waals surface area contributed by atoms with E-state index in [9.17, 15) is 4.79 Å². The van der Waals surface area contributed by atoms with Crippen molar-refractivity contribution in [1.29, 1.82) is 0 Å². The van der Waals surface area contributed by atoms with Crippen molar-refractivity contribution in [2.24, 2.45) is 5.92 Å². The van der Waals surface area contributed by atoms with Crippen LogP contribution in [-0.2, 0) is 17.6 Å². The molecule has 2 bridgehead atoms. The zero-order chi connectivity index (χ0) is 19.4. The van der Waals surface area contributed by atoms with Crippen LogP contribution in [0, 0.1) is 5.92 Å². The largest absolute Gasteiger partial charge is 0.426 e. The van der Waals surface area contributed by atoms with Gasteiger partial charge in [0.15, 0.2) is 0 Å². The lowest BCUT2D eigenvalue weighted by Gasteiger charge is -2.44. The maximum atomic E-state index is 13.4. The third-order valence-electron chi connectivity index (χ3n) is 7.17. The highest BCUT2D eigenvalue weighted by Crippen LogP contribution is 2.55. The predicted octanol–water partition coefficient (Wildman–Crippen LogP) is 5.77. The lowest BCUT2D eigenvalue weighted by molar-refractivity contribution is -0.140. The molecule has 1 atom stereocenters. The van der Waals surface area contributed by atoms with Crippen molar-refractivity contribution in [3.63, 3.8) is 0 Å². The van der Waals surface area contributed by atoms with E-state index in [2.05, 4.69) is 54.6 Å². The van der Waals surface area contributed by atoms with Gasteiger partial charge in [-0.05, 0) is 71.6 Å². The Bertz CT molecular complexity index is 1070. The molecule has 0 amide bonds. The van der Waals surface area contributed by atoms with E-state index in [1.165, 1.54) is 46.2 Å². The molecule has 3 aromatic carbocycles. The molecule has 0 heterocycles. The van der Waals surface area contributed by atoms with E-state index in [0.717, 1.165) is 25.0 Å². The van der Waals surface area contributed by atoms with Crippen LogP contribution in [-0.4, -0.2) is 5.97 Å². The van der Waals surface area contributed by atoms with Crippen LogP contribution in [0.2, 0.25) is 0 Å². The Morgan fingerprint density at radius 2 is 1.41 bits per heavy atom. The molecule has 0 N–H and O–H groups in total. The number of esters is 1. The Balaban J connectivity index is 1.38. The maximum absolute atomic E-state index is 13.4. The van der Waals surface area contributed by atoms with Gasteiger partial charge in [-0.2, -0.15) is 0 Å². The first-order chi connectivity index (χ1) is 14.3. The summed E-state index contributed by atoms with van der Waals surface area (Å²) < 4.78 is 6.10. The van der Waals surface area contributed by atoms with Gasteiger partial charge in [0.2, 0.25) is 0 Å². The summed E-state index contributed by atoms with van der Waals surface area (Å²) >= 11 is 0. The molecule has 3 aromatic rings. The summed E-state index contributed by atoms with van der Waals surface area (Å²) in [6.07, 6.45) is 5.35. The molecule has 0 aliphatic heterocycles. The highest BCUT2D eigenvalue weighted by Gasteiger charge is 2.46. The minimum absolute atomic E-state index is 0.0667. The number of hydrogen-bond acceptors (Lipinski definition) is 2. The molecule has 4 aliphatic rings. The van der Waals surface area contributed by atoms with Crippen molar-refractivity contribution in [3.8, 4) is 5.75 Å². The summed E-state index contributed by atoms with van der Waals surface area (Å²) in [7, 11) is 0. The third kappa shape index (κ3) is 2.58. The van der Waals surface area contributed by atoms with Crippen LogP contribution < -0.4 is 4.74 Å². The molecule has 0 aromatic heterocycles. The summed E-state index contributed by atoms with van der Waals surface area (Å²) in [5.41, 5.74) is 7.98. The molecule has 1 unspecified atom stereocenters. The number of rotatable bonds is 2. The topological polar surface area (TPSA) is 26.3 Å². The van der Waals surface area contributed by atoms with Gasteiger partial charge >= 0.3 is 5.97 Å². The summed E-state index contributed by atoms with van der Waals surface area (Å²) in [6.45, 7) is 0. The quantitative estimate of drug-likeness (QED) is 0.417. The van der Waals surface area contributed by atoms with Crippen LogP contribution >= 0.6 is 0 Å². The normalized spacial score (nSPS) is 23.7. The highest BCUT2D eigenvalue weighted by molar-refractivity contribution is 5.80. The molecule has 2 heteroatoms. The number of carbonyl (C=O) groups excluding carboxylic acids is 1. The molecule has 0 saturated heterocycles. The zero-order valence-corrected chi connectivity index (χ0v) is 16.4. The smallest absolute Gasteiger partial charge is 0.315 e. The van der Waals surface area contributed by atoms with Crippen molar-refractivity contribution in [2.45, 2.75) is 43.9 Å². The number of benzene rings is 3. The van der Waals surface area contributed by atoms with Gasteiger partial charge in [-0.1, -0.05) is 60.7 Å². The lowest BCUT2D eigenvalue weighted by atomic mass is 9.59. The zero-order valence-electron chi connectivity index (χ0n) is 16.4. The molecule has 29 heavy (non-hydrogen) atoms. The second-order valence-electron chi connectivity index (χ2n) is 8.65. The van der Waals surface area contributed by atoms with Gasteiger partial charge in [-0.3, -0.25) is 4.79 Å². The molecular formula is C27H24O2. The van der Waals surface area contributed by atoms with Gasteiger partial charge in [0.1, 0.15) is 5.75 Å². The summed E-state index contributed by atoms with van der Waals surface area (Å²) in [6, 6.07) is 23.5. The molecule has 7 rings (SSSR count). The first-order valence-corrected chi connectivity index (χ1v) is 10.8. The van der Waals surface area contributed by atoms with E-state index in [-0.39, 0.29) is 23.7 Å². The van der Waals surface area contributed by atoms with Gasteiger partial charge in [0, 0.05) is 11.8 Å². The molecule has 2 nitrogen and oxygen atoms in total. The Morgan fingerprint density at radius 3 is 2.14 bits per heavy atom. The van der Waals surface area contributed by atoms with Crippen LogP contribution in [0.5, 0.6) is 5.75 Å². The van der Waals surface area contributed by atoms with E-state index in [1.807, 2.05) is 12.1 Å². The van der Waals surface area contributed by atoms with Gasteiger partial charge in [-0.25, -0.2) is 0 Å². The lowest BCUT2D eigenvalue weighted by Crippen LogP contribution is -2.38. The monoisotopic (exact) mass is 380 g/mol. The average Bonchev–Trinajstić information content (AvgIpc) is 2.79. The summed E-state index contributed by atoms with van der Waals surface area (Å²) in [5, 5.41) is 0. The number of ether oxygens (including phenoxy) is 1. The van der Waals surface area contributed by atoms with E-state index in [4.69, 9.17) is 4.74 Å². The van der Waals surface area contributed by atoms with Gasteiger partial charge in [-0.15, -0.1) is 0 Å². The fraction of sp³-hybridized carbons (Fsp3) is 0.296. The maximum Gasteiger partial charge on any atom is 0.315 e. The van der Waals surface area contributed by atoms with Crippen molar-refractivity contribution in [1.82, 2.24) is 0 Å². The Labute approximate surface area is 171 Å². The second-order valence-corrected chi connectivity index (χ2v) is 8.65. The fourth-order valence-electron chi connectivity index (χ4n) is 5.89. The third-order valence-corrected chi connectivity index (χ3v) is 7.17. The summed E-state index contributed by atoms with van der Waals surface area (Å²) in [5.74, 6) is 0.983. The van der Waals surface area contributed by atoms with E-state index >= 15 is 0 Å². The standard InChI is InChI=1S/C27H24O2/c28-27(29-25-15-7-9-17-8-1-2-10-18(17)25)24-16-23-19-11-3-5-13-21(19)26(24)22-14-6-4-12-20(22)23/h3-7,9,11-15,23-24,26H,1-2,8,10,16H2. The molecular weight excluding hydrogens is 356 g/mol. The number of fused-ring (bicyclic) bond motifs is 2. The van der Waals surface area contributed by atoms with Crippen molar-refractivity contribution < 1.29 is 9.53 Å². The van der Waals surface area contributed by atoms with Gasteiger partial charge in [0.25, 0.3) is 0 Å². The van der Waals surface area contributed by atoms with Crippen molar-refractivity contribution >= 4 is 5.97 Å². The van der Waals surface area contributed by atoms with Crippen molar-refractivity contribution in [2.75, 3.05) is 0 Å². The van der Waals surface area contributed by atoms with Crippen molar-refractivity contribution in [3.05, 3.63) is 100 Å². The second kappa shape index (κ2) is 6.59. The Kier molecular flexibility index (Phi) is 3.87. The number of aryl methyl sites for hydroxylation is 1. The first-order valence-electron chi connectivity index (χ1n) is 10.8. The summed E-state index contributed by atoms with van der Waals surface area (Å²) in [4.78, 5) is 13.4. The molecule has 144 valence electrons. The van der Waals surface area contributed by atoms with E-state index in [0.29, 0.717) is 0 Å². The fourth-order valence-corrected chi connectivity index (χ4v) is 5.89.